The molecular formula is C21H34O2. The summed E-state index contributed by atoms with van der Waals surface area (Å²) in [4.78, 5) is 0. The van der Waals surface area contributed by atoms with Crippen LogP contribution in [0.4, 0.5) is 0 Å². The second kappa shape index (κ2) is 5.33. The van der Waals surface area contributed by atoms with Crippen LogP contribution in [0.15, 0.2) is 11.6 Å². The molecule has 0 aromatic carbocycles. The second-order valence-electron chi connectivity index (χ2n) is 9.41. The zero-order valence-corrected chi connectivity index (χ0v) is 15.1. The fourth-order valence-corrected chi connectivity index (χ4v) is 7.66. The van der Waals surface area contributed by atoms with Crippen molar-refractivity contribution >= 4 is 0 Å². The molecule has 4 aliphatic rings. The fraction of sp³-hybridized carbons (Fsp3) is 0.905. The Balaban J connectivity index is 1.74. The smallest absolute Gasteiger partial charge is 0.0596 e. The van der Waals surface area contributed by atoms with Crippen LogP contribution >= 0.6 is 0 Å². The largest absolute Gasteiger partial charge is 0.393 e. The molecule has 0 amide bonds. The van der Waals surface area contributed by atoms with Gasteiger partial charge < -0.3 is 10.2 Å². The van der Waals surface area contributed by atoms with Crippen molar-refractivity contribution in [3.63, 3.8) is 0 Å². The topological polar surface area (TPSA) is 40.5 Å². The second-order valence-corrected chi connectivity index (χ2v) is 9.41. The number of fused-ring (bicyclic) bond motifs is 5. The third-order valence-electron chi connectivity index (χ3n) is 8.91. The molecule has 0 aliphatic heterocycles. The van der Waals surface area contributed by atoms with Crippen molar-refractivity contribution in [2.24, 2.45) is 34.5 Å². The molecule has 2 heteroatoms. The highest BCUT2D eigenvalue weighted by atomic mass is 16.3. The van der Waals surface area contributed by atoms with Gasteiger partial charge in [0, 0.05) is 0 Å². The molecule has 0 aromatic rings. The first-order valence-electron chi connectivity index (χ1n) is 9.94. The lowest BCUT2D eigenvalue weighted by Gasteiger charge is -2.62. The van der Waals surface area contributed by atoms with E-state index in [4.69, 9.17) is 0 Å². The first-order chi connectivity index (χ1) is 10.9. The summed E-state index contributed by atoms with van der Waals surface area (Å²) in [5.41, 5.74) is 1.92. The minimum atomic E-state index is -0.142. The highest BCUT2D eigenvalue weighted by Gasteiger charge is 2.62. The van der Waals surface area contributed by atoms with Gasteiger partial charge in [-0.05, 0) is 92.8 Å². The zero-order valence-electron chi connectivity index (χ0n) is 15.1. The highest BCUT2D eigenvalue weighted by molar-refractivity contribution is 5.24. The molecular weight excluding hydrogens is 284 g/mol. The van der Waals surface area contributed by atoms with Gasteiger partial charge in [0.15, 0.2) is 0 Å². The fourth-order valence-electron chi connectivity index (χ4n) is 7.66. The summed E-state index contributed by atoms with van der Waals surface area (Å²) < 4.78 is 0. The predicted molar refractivity (Wildman–Crippen MR) is 92.9 cm³/mol. The molecule has 4 aliphatic carbocycles. The van der Waals surface area contributed by atoms with Crippen LogP contribution in [0.1, 0.15) is 72.1 Å². The number of allylic oxidation sites excluding steroid dienone is 2. The molecule has 0 saturated heterocycles. The van der Waals surface area contributed by atoms with Crippen LogP contribution in [0.3, 0.4) is 0 Å². The van der Waals surface area contributed by atoms with Gasteiger partial charge in [0.25, 0.3) is 0 Å². The summed E-state index contributed by atoms with van der Waals surface area (Å²) in [5, 5.41) is 21.6. The Kier molecular flexibility index (Phi) is 3.74. The minimum absolute atomic E-state index is 0.106. The van der Waals surface area contributed by atoms with E-state index >= 15 is 0 Å². The standard InChI is InChI=1S/C21H34O2/c1-4-13-6-5-7-17-18(22)12-14-15-8-9-19(23)20(15,2)11-10-16(14)21(13,17)3/h4,14-19,22-23H,5-12H2,1-3H3/b13-4+/t14-,15-,16-,17+,18-,19-,20-,21+/m0/s1. The van der Waals surface area contributed by atoms with Gasteiger partial charge in [0.1, 0.15) is 0 Å². The van der Waals surface area contributed by atoms with Crippen molar-refractivity contribution in [3.8, 4) is 0 Å². The molecule has 2 N–H and O–H groups in total. The number of hydrogen-bond acceptors (Lipinski definition) is 2. The van der Waals surface area contributed by atoms with Crippen molar-refractivity contribution in [3.05, 3.63) is 11.6 Å². The van der Waals surface area contributed by atoms with E-state index in [9.17, 15) is 10.2 Å². The Morgan fingerprint density at radius 3 is 2.52 bits per heavy atom. The van der Waals surface area contributed by atoms with Gasteiger partial charge in [-0.15, -0.1) is 0 Å². The maximum Gasteiger partial charge on any atom is 0.0596 e. The molecule has 8 atom stereocenters. The summed E-state index contributed by atoms with van der Waals surface area (Å²) in [5.74, 6) is 2.39. The van der Waals surface area contributed by atoms with E-state index in [-0.39, 0.29) is 23.0 Å². The van der Waals surface area contributed by atoms with E-state index in [1.54, 1.807) is 5.57 Å². The van der Waals surface area contributed by atoms with Crippen LogP contribution in [-0.4, -0.2) is 22.4 Å². The van der Waals surface area contributed by atoms with Crippen LogP contribution in [0.25, 0.3) is 0 Å². The van der Waals surface area contributed by atoms with E-state index in [0.29, 0.717) is 23.7 Å². The molecule has 4 rings (SSSR count). The van der Waals surface area contributed by atoms with E-state index in [0.717, 1.165) is 19.3 Å². The van der Waals surface area contributed by atoms with Crippen LogP contribution in [0, 0.1) is 34.5 Å². The number of aliphatic hydroxyl groups is 2. The lowest BCUT2D eigenvalue weighted by molar-refractivity contribution is -0.144. The zero-order chi connectivity index (χ0) is 16.4. The molecule has 0 unspecified atom stereocenters. The summed E-state index contributed by atoms with van der Waals surface area (Å²) in [6, 6.07) is 0. The third kappa shape index (κ3) is 2.00. The first-order valence-corrected chi connectivity index (χ1v) is 9.94. The number of hydrogen-bond donors (Lipinski definition) is 2. The molecule has 130 valence electrons. The van der Waals surface area contributed by atoms with Crippen molar-refractivity contribution in [1.29, 1.82) is 0 Å². The minimum Gasteiger partial charge on any atom is -0.393 e. The van der Waals surface area contributed by atoms with Gasteiger partial charge in [-0.1, -0.05) is 25.5 Å². The van der Waals surface area contributed by atoms with Crippen molar-refractivity contribution in [2.45, 2.75) is 84.3 Å². The first kappa shape index (κ1) is 16.1. The molecule has 0 aromatic heterocycles. The molecule has 0 heterocycles. The van der Waals surface area contributed by atoms with Gasteiger partial charge >= 0.3 is 0 Å². The quantitative estimate of drug-likeness (QED) is 0.654. The maximum atomic E-state index is 11.0. The Labute approximate surface area is 141 Å². The van der Waals surface area contributed by atoms with E-state index in [1.165, 1.54) is 32.1 Å². The Morgan fingerprint density at radius 1 is 1.00 bits per heavy atom. The molecule has 2 nitrogen and oxygen atoms in total. The van der Waals surface area contributed by atoms with E-state index in [2.05, 4.69) is 26.8 Å². The Bertz CT molecular complexity index is 512. The summed E-state index contributed by atoms with van der Waals surface area (Å²) in [6.45, 7) is 7.00. The Hall–Kier alpha value is -0.340. The molecule has 0 spiro atoms. The summed E-state index contributed by atoms with van der Waals surface area (Å²) >= 11 is 0. The third-order valence-corrected chi connectivity index (χ3v) is 8.91. The van der Waals surface area contributed by atoms with Crippen LogP contribution in [0.5, 0.6) is 0 Å². The van der Waals surface area contributed by atoms with Gasteiger partial charge in [-0.3, -0.25) is 0 Å². The van der Waals surface area contributed by atoms with E-state index in [1.807, 2.05) is 0 Å². The highest BCUT2D eigenvalue weighted by Crippen LogP contribution is 2.67. The molecule has 23 heavy (non-hydrogen) atoms. The number of aliphatic hydroxyl groups excluding tert-OH is 2. The van der Waals surface area contributed by atoms with Gasteiger partial charge in [-0.25, -0.2) is 0 Å². The van der Waals surface area contributed by atoms with Crippen molar-refractivity contribution < 1.29 is 10.2 Å². The SMILES string of the molecule is C/C=C1\CCC[C@@H]2[C@@H](O)C[C@H]3[C@@H]4CC[C@H](O)[C@@]4(C)CC[C@@H]3[C@@]12C. The Morgan fingerprint density at radius 2 is 1.78 bits per heavy atom. The normalized spacial score (nSPS) is 57.7. The molecule has 0 bridgehead atoms. The molecule has 0 radical (unpaired) electrons. The van der Waals surface area contributed by atoms with Gasteiger partial charge in [0.05, 0.1) is 12.2 Å². The summed E-state index contributed by atoms with van der Waals surface area (Å²) in [6.07, 6.45) is 11.3. The number of rotatable bonds is 0. The average Bonchev–Trinajstić information content (AvgIpc) is 2.83. The van der Waals surface area contributed by atoms with Gasteiger partial charge in [-0.2, -0.15) is 0 Å². The van der Waals surface area contributed by atoms with Crippen LogP contribution in [0.2, 0.25) is 0 Å². The summed E-state index contributed by atoms with van der Waals surface area (Å²) in [7, 11) is 0. The lowest BCUT2D eigenvalue weighted by Crippen LogP contribution is -2.58. The van der Waals surface area contributed by atoms with Crippen molar-refractivity contribution in [2.75, 3.05) is 0 Å². The van der Waals surface area contributed by atoms with Gasteiger partial charge in [0.2, 0.25) is 0 Å². The van der Waals surface area contributed by atoms with Crippen LogP contribution in [-0.2, 0) is 0 Å². The maximum absolute atomic E-state index is 11.0. The van der Waals surface area contributed by atoms with Crippen molar-refractivity contribution in [1.82, 2.24) is 0 Å². The average molecular weight is 319 g/mol. The lowest BCUT2D eigenvalue weighted by atomic mass is 9.43. The molecule has 4 saturated carbocycles. The van der Waals surface area contributed by atoms with Crippen LogP contribution < -0.4 is 0 Å². The monoisotopic (exact) mass is 318 g/mol. The predicted octanol–water partition coefficient (Wildman–Crippen LogP) is 4.31. The molecule has 4 fully saturated rings. The van der Waals surface area contributed by atoms with E-state index < -0.39 is 0 Å².